The zero-order valence-corrected chi connectivity index (χ0v) is 12.4. The fourth-order valence-electron chi connectivity index (χ4n) is 2.12. The molecule has 1 aromatic rings. The Morgan fingerprint density at radius 2 is 2.29 bits per heavy atom. The van der Waals surface area contributed by atoms with Crippen molar-refractivity contribution in [2.24, 2.45) is 0 Å². The maximum Gasteiger partial charge on any atom is 0.335 e. The van der Waals surface area contributed by atoms with Gasteiger partial charge in [0.1, 0.15) is 0 Å². The van der Waals surface area contributed by atoms with E-state index in [1.165, 1.54) is 18.2 Å². The van der Waals surface area contributed by atoms with Gasteiger partial charge in [-0.1, -0.05) is 11.6 Å². The van der Waals surface area contributed by atoms with Gasteiger partial charge >= 0.3 is 5.97 Å². The molecule has 1 saturated heterocycles. The van der Waals surface area contributed by atoms with E-state index in [2.05, 4.69) is 5.32 Å². The summed E-state index contributed by atoms with van der Waals surface area (Å²) in [6.07, 6.45) is 0. The van der Waals surface area contributed by atoms with Gasteiger partial charge in [0.2, 0.25) is 5.91 Å². The van der Waals surface area contributed by atoms with E-state index in [0.717, 1.165) is 0 Å². The molecule has 0 aliphatic carbocycles. The average Bonchev–Trinajstić information content (AvgIpc) is 2.43. The number of anilines is 1. The molecular formula is C14H17ClN2O4. The molecule has 2 N–H and O–H groups in total. The Labute approximate surface area is 127 Å². The highest BCUT2D eigenvalue weighted by atomic mass is 35.5. The van der Waals surface area contributed by atoms with Crippen molar-refractivity contribution in [1.82, 2.24) is 4.90 Å². The summed E-state index contributed by atoms with van der Waals surface area (Å²) in [6.45, 7) is 4.11. The van der Waals surface area contributed by atoms with Gasteiger partial charge in [0.15, 0.2) is 0 Å². The van der Waals surface area contributed by atoms with E-state index in [1.807, 2.05) is 11.8 Å². The van der Waals surface area contributed by atoms with Crippen LogP contribution in [0.4, 0.5) is 5.69 Å². The van der Waals surface area contributed by atoms with Crippen molar-refractivity contribution in [3.63, 3.8) is 0 Å². The zero-order chi connectivity index (χ0) is 15.4. The van der Waals surface area contributed by atoms with Gasteiger partial charge in [-0.2, -0.15) is 0 Å². The lowest BCUT2D eigenvalue weighted by molar-refractivity contribution is -0.119. The molecule has 1 aliphatic rings. The van der Waals surface area contributed by atoms with Gasteiger partial charge in [0, 0.05) is 12.6 Å². The molecule has 0 spiro atoms. The van der Waals surface area contributed by atoms with E-state index in [9.17, 15) is 9.59 Å². The second-order valence-electron chi connectivity index (χ2n) is 4.94. The molecule has 1 aliphatic heterocycles. The summed E-state index contributed by atoms with van der Waals surface area (Å²) < 4.78 is 5.31. The Hall–Kier alpha value is -1.63. The highest BCUT2D eigenvalue weighted by Crippen LogP contribution is 2.23. The fourth-order valence-corrected chi connectivity index (χ4v) is 2.29. The number of rotatable bonds is 4. The number of aromatic carboxylic acids is 1. The molecule has 0 bridgehead atoms. The maximum absolute atomic E-state index is 12.1. The van der Waals surface area contributed by atoms with E-state index in [0.29, 0.717) is 30.5 Å². The number of nitrogens with one attached hydrogen (secondary N) is 1. The summed E-state index contributed by atoms with van der Waals surface area (Å²) in [6, 6.07) is 4.37. The van der Waals surface area contributed by atoms with Crippen LogP contribution in [0.5, 0.6) is 0 Å². The Morgan fingerprint density at radius 3 is 2.95 bits per heavy atom. The normalized spacial score (nSPS) is 19.2. The number of amides is 1. The van der Waals surface area contributed by atoms with Gasteiger partial charge in [0.05, 0.1) is 36.0 Å². The summed E-state index contributed by atoms with van der Waals surface area (Å²) in [5.74, 6) is -1.29. The molecule has 0 radical (unpaired) electrons. The standard InChI is InChI=1S/C14H17ClN2O4/c1-9-8-21-5-4-17(9)7-13(18)16-12-6-10(14(19)20)2-3-11(12)15/h2-3,6,9H,4-5,7-8H2,1H3,(H,16,18)(H,19,20). The number of morpholine rings is 1. The maximum atomic E-state index is 12.1. The first-order valence-corrected chi connectivity index (χ1v) is 6.99. The topological polar surface area (TPSA) is 78.9 Å². The lowest BCUT2D eigenvalue weighted by Crippen LogP contribution is -2.47. The molecule has 6 nitrogen and oxygen atoms in total. The number of carbonyl (C=O) groups excluding carboxylic acids is 1. The number of hydrogen-bond acceptors (Lipinski definition) is 4. The minimum absolute atomic E-state index is 0.0782. The molecular weight excluding hydrogens is 296 g/mol. The first kappa shape index (κ1) is 15.8. The zero-order valence-electron chi connectivity index (χ0n) is 11.6. The highest BCUT2D eigenvalue weighted by molar-refractivity contribution is 6.33. The molecule has 1 aromatic carbocycles. The predicted molar refractivity (Wildman–Crippen MR) is 78.9 cm³/mol. The second kappa shape index (κ2) is 6.89. The average molecular weight is 313 g/mol. The fraction of sp³-hybridized carbons (Fsp3) is 0.429. The molecule has 7 heteroatoms. The van der Waals surface area contributed by atoms with Gasteiger partial charge in [-0.05, 0) is 25.1 Å². The molecule has 1 heterocycles. The van der Waals surface area contributed by atoms with Gasteiger partial charge in [-0.3, -0.25) is 9.69 Å². The molecule has 1 atom stereocenters. The van der Waals surface area contributed by atoms with Crippen LogP contribution in [0.3, 0.4) is 0 Å². The molecule has 1 unspecified atom stereocenters. The van der Waals surface area contributed by atoms with E-state index >= 15 is 0 Å². The number of halogens is 1. The predicted octanol–water partition coefficient (Wildman–Crippen LogP) is 1.70. The second-order valence-corrected chi connectivity index (χ2v) is 5.35. The van der Waals surface area contributed by atoms with Gasteiger partial charge < -0.3 is 15.2 Å². The van der Waals surface area contributed by atoms with Gasteiger partial charge in [-0.25, -0.2) is 4.79 Å². The summed E-state index contributed by atoms with van der Waals surface area (Å²) in [5.41, 5.74) is 0.386. The molecule has 2 rings (SSSR count). The largest absolute Gasteiger partial charge is 0.478 e. The van der Waals surface area contributed by atoms with E-state index < -0.39 is 5.97 Å². The van der Waals surface area contributed by atoms with E-state index in [4.69, 9.17) is 21.4 Å². The van der Waals surface area contributed by atoms with Crippen molar-refractivity contribution >= 4 is 29.2 Å². The van der Waals surface area contributed by atoms with E-state index in [-0.39, 0.29) is 24.1 Å². The molecule has 21 heavy (non-hydrogen) atoms. The number of benzene rings is 1. The smallest absolute Gasteiger partial charge is 0.335 e. The number of carboxylic acids is 1. The Kier molecular flexibility index (Phi) is 5.17. The van der Waals surface area contributed by atoms with Crippen LogP contribution in [0.1, 0.15) is 17.3 Å². The molecule has 1 amide bonds. The van der Waals surface area contributed by atoms with E-state index in [1.54, 1.807) is 0 Å². The van der Waals surface area contributed by atoms with Crippen LogP contribution in [0.2, 0.25) is 5.02 Å². The van der Waals surface area contributed by atoms with Crippen LogP contribution in [0.25, 0.3) is 0 Å². The quantitative estimate of drug-likeness (QED) is 0.884. The first-order chi connectivity index (χ1) is 9.97. The summed E-state index contributed by atoms with van der Waals surface area (Å²) in [4.78, 5) is 25.0. The van der Waals surface area contributed by atoms with Crippen LogP contribution in [0.15, 0.2) is 18.2 Å². The van der Waals surface area contributed by atoms with Gasteiger partial charge in [0.25, 0.3) is 0 Å². The molecule has 114 valence electrons. The number of carboxylic acid groups (broad SMARTS) is 1. The van der Waals surface area contributed by atoms with Gasteiger partial charge in [-0.15, -0.1) is 0 Å². The third kappa shape index (κ3) is 4.17. The van der Waals surface area contributed by atoms with Crippen molar-refractivity contribution < 1.29 is 19.4 Å². The van der Waals surface area contributed by atoms with Crippen LogP contribution < -0.4 is 5.32 Å². The molecule has 0 aromatic heterocycles. The minimum atomic E-state index is -1.07. The Balaban J connectivity index is 2.02. The van der Waals surface area contributed by atoms with Crippen molar-refractivity contribution in [3.8, 4) is 0 Å². The molecule has 1 fully saturated rings. The summed E-state index contributed by atoms with van der Waals surface area (Å²) in [5, 5.41) is 11.9. The lowest BCUT2D eigenvalue weighted by atomic mass is 10.2. The number of nitrogens with zero attached hydrogens (tertiary/aromatic N) is 1. The van der Waals surface area contributed by atoms with Crippen molar-refractivity contribution in [3.05, 3.63) is 28.8 Å². The monoisotopic (exact) mass is 312 g/mol. The third-order valence-electron chi connectivity index (χ3n) is 3.34. The van der Waals surface area contributed by atoms with Crippen molar-refractivity contribution in [2.75, 3.05) is 31.6 Å². The van der Waals surface area contributed by atoms with Crippen molar-refractivity contribution in [2.45, 2.75) is 13.0 Å². The van der Waals surface area contributed by atoms with Crippen LogP contribution >= 0.6 is 11.6 Å². The molecule has 0 saturated carbocycles. The first-order valence-electron chi connectivity index (χ1n) is 6.62. The summed E-state index contributed by atoms with van der Waals surface area (Å²) in [7, 11) is 0. The van der Waals surface area contributed by atoms with Crippen molar-refractivity contribution in [1.29, 1.82) is 0 Å². The minimum Gasteiger partial charge on any atom is -0.478 e. The van der Waals surface area contributed by atoms with Crippen LogP contribution in [-0.4, -0.2) is 54.2 Å². The number of ether oxygens (including phenoxy) is 1. The Bertz CT molecular complexity index is 550. The number of hydrogen-bond donors (Lipinski definition) is 2. The van der Waals surface area contributed by atoms with Crippen LogP contribution in [-0.2, 0) is 9.53 Å². The van der Waals surface area contributed by atoms with Crippen LogP contribution in [0, 0.1) is 0 Å². The lowest BCUT2D eigenvalue weighted by Gasteiger charge is -2.32. The highest BCUT2D eigenvalue weighted by Gasteiger charge is 2.21. The summed E-state index contributed by atoms with van der Waals surface area (Å²) >= 11 is 5.98. The SMILES string of the molecule is CC1COCCN1CC(=O)Nc1cc(C(=O)O)ccc1Cl. The number of carbonyl (C=O) groups is 2. The Morgan fingerprint density at radius 1 is 1.52 bits per heavy atom. The third-order valence-corrected chi connectivity index (χ3v) is 3.67.